The number of para-hydroxylation sites is 2. The van der Waals surface area contributed by atoms with Crippen molar-refractivity contribution in [3.63, 3.8) is 0 Å². The van der Waals surface area contributed by atoms with Crippen LogP contribution in [0.1, 0.15) is 12.7 Å². The van der Waals surface area contributed by atoms with Crippen molar-refractivity contribution < 1.29 is 23.8 Å². The molecular formula is C20H22N2O5. The van der Waals surface area contributed by atoms with Crippen molar-refractivity contribution in [3.8, 4) is 11.5 Å². The fourth-order valence-corrected chi connectivity index (χ4v) is 2.74. The Hall–Kier alpha value is -3.19. The van der Waals surface area contributed by atoms with Gasteiger partial charge in [0.25, 0.3) is 0 Å². The van der Waals surface area contributed by atoms with Gasteiger partial charge in [0.05, 0.1) is 26.5 Å². The third-order valence-corrected chi connectivity index (χ3v) is 4.20. The summed E-state index contributed by atoms with van der Waals surface area (Å²) in [6, 6.07) is 13.9. The molecule has 0 saturated heterocycles. The van der Waals surface area contributed by atoms with Gasteiger partial charge >= 0.3 is 6.03 Å². The first kappa shape index (κ1) is 18.6. The van der Waals surface area contributed by atoms with E-state index in [0.29, 0.717) is 28.5 Å². The van der Waals surface area contributed by atoms with Crippen LogP contribution in [0.3, 0.4) is 0 Å². The zero-order chi connectivity index (χ0) is 19.4. The molecule has 7 heteroatoms. The lowest BCUT2D eigenvalue weighted by molar-refractivity contribution is 0.0388. The lowest BCUT2D eigenvalue weighted by atomic mass is 10.0. The number of hydrogen-bond acceptors (Lipinski definition) is 5. The molecule has 27 heavy (non-hydrogen) atoms. The molecule has 3 aromatic rings. The lowest BCUT2D eigenvalue weighted by Gasteiger charge is -2.21. The largest absolute Gasteiger partial charge is 0.493 e. The predicted molar refractivity (Wildman–Crippen MR) is 102 cm³/mol. The number of methoxy groups -OCH3 is 2. The highest BCUT2D eigenvalue weighted by Crippen LogP contribution is 2.34. The number of urea groups is 1. The Labute approximate surface area is 156 Å². The van der Waals surface area contributed by atoms with Crippen LogP contribution in [0.4, 0.5) is 10.5 Å². The molecule has 0 fully saturated rings. The zero-order valence-corrected chi connectivity index (χ0v) is 15.4. The van der Waals surface area contributed by atoms with Crippen LogP contribution in [0.5, 0.6) is 11.5 Å². The lowest BCUT2D eigenvalue weighted by Crippen LogP contribution is -2.40. The Balaban J connectivity index is 1.68. The molecule has 1 atom stereocenters. The van der Waals surface area contributed by atoms with Crippen LogP contribution in [0.2, 0.25) is 0 Å². The summed E-state index contributed by atoms with van der Waals surface area (Å²) in [7, 11) is 3.01. The number of carbonyl (C=O) groups excluding carboxylic acids is 1. The van der Waals surface area contributed by atoms with Gasteiger partial charge in [0, 0.05) is 5.39 Å². The van der Waals surface area contributed by atoms with E-state index in [1.54, 1.807) is 31.2 Å². The molecule has 2 aromatic carbocycles. The minimum atomic E-state index is -1.37. The highest BCUT2D eigenvalue weighted by Gasteiger charge is 2.28. The van der Waals surface area contributed by atoms with Gasteiger partial charge in [0.15, 0.2) is 11.5 Å². The van der Waals surface area contributed by atoms with Crippen LogP contribution in [-0.2, 0) is 5.60 Å². The van der Waals surface area contributed by atoms with Crippen LogP contribution in [-0.4, -0.2) is 31.9 Å². The molecule has 0 spiro atoms. The van der Waals surface area contributed by atoms with Crippen molar-refractivity contribution in [1.82, 2.24) is 5.32 Å². The number of nitrogens with one attached hydrogen (secondary N) is 2. The van der Waals surface area contributed by atoms with Crippen LogP contribution >= 0.6 is 0 Å². The average molecular weight is 370 g/mol. The van der Waals surface area contributed by atoms with Gasteiger partial charge in [-0.25, -0.2) is 4.79 Å². The Kier molecular flexibility index (Phi) is 5.23. The van der Waals surface area contributed by atoms with Gasteiger partial charge in [-0.05, 0) is 31.2 Å². The van der Waals surface area contributed by atoms with Crippen molar-refractivity contribution in [2.45, 2.75) is 12.5 Å². The van der Waals surface area contributed by atoms with Crippen molar-refractivity contribution >= 4 is 22.7 Å². The normalized spacial score (nSPS) is 13.0. The first-order valence-electron chi connectivity index (χ1n) is 8.42. The molecule has 0 bridgehead atoms. The van der Waals surface area contributed by atoms with Crippen LogP contribution in [0.15, 0.2) is 52.9 Å². The molecular weight excluding hydrogens is 348 g/mol. The van der Waals surface area contributed by atoms with Gasteiger partial charge in [-0.1, -0.05) is 24.3 Å². The van der Waals surface area contributed by atoms with E-state index in [4.69, 9.17) is 13.9 Å². The Morgan fingerprint density at radius 1 is 1.15 bits per heavy atom. The zero-order valence-electron chi connectivity index (χ0n) is 15.4. The van der Waals surface area contributed by atoms with Crippen LogP contribution < -0.4 is 20.1 Å². The van der Waals surface area contributed by atoms with Crippen molar-refractivity contribution in [1.29, 1.82) is 0 Å². The van der Waals surface area contributed by atoms with Crippen LogP contribution in [0.25, 0.3) is 11.0 Å². The van der Waals surface area contributed by atoms with E-state index >= 15 is 0 Å². The summed E-state index contributed by atoms with van der Waals surface area (Å²) >= 11 is 0. The molecule has 3 rings (SSSR count). The van der Waals surface area contributed by atoms with Gasteiger partial charge in [-0.2, -0.15) is 0 Å². The van der Waals surface area contributed by atoms with E-state index < -0.39 is 11.6 Å². The summed E-state index contributed by atoms with van der Waals surface area (Å²) in [4.78, 5) is 12.3. The summed E-state index contributed by atoms with van der Waals surface area (Å²) < 4.78 is 16.2. The maximum atomic E-state index is 12.3. The van der Waals surface area contributed by atoms with Crippen molar-refractivity contribution in [2.75, 3.05) is 26.1 Å². The SMILES string of the molecule is COc1cccc(NC(=O)NCC(C)(O)c2cc3ccccc3o2)c1OC. The number of furan rings is 1. The topological polar surface area (TPSA) is 93.0 Å². The molecule has 7 nitrogen and oxygen atoms in total. The van der Waals surface area contributed by atoms with Crippen molar-refractivity contribution in [3.05, 3.63) is 54.3 Å². The Morgan fingerprint density at radius 2 is 1.93 bits per heavy atom. The number of ether oxygens (including phenoxy) is 2. The molecule has 0 saturated carbocycles. The highest BCUT2D eigenvalue weighted by molar-refractivity contribution is 5.91. The third kappa shape index (κ3) is 3.98. The fourth-order valence-electron chi connectivity index (χ4n) is 2.74. The summed E-state index contributed by atoms with van der Waals surface area (Å²) in [6.07, 6.45) is 0. The molecule has 0 aliphatic carbocycles. The minimum absolute atomic E-state index is 0.0368. The van der Waals surface area contributed by atoms with Gasteiger partial charge < -0.3 is 29.6 Å². The van der Waals surface area contributed by atoms with Crippen molar-refractivity contribution in [2.24, 2.45) is 0 Å². The maximum Gasteiger partial charge on any atom is 0.319 e. The number of hydrogen-bond donors (Lipinski definition) is 3. The van der Waals surface area contributed by atoms with E-state index in [2.05, 4.69) is 10.6 Å². The quantitative estimate of drug-likeness (QED) is 0.618. The number of amides is 2. The molecule has 2 amide bonds. The molecule has 0 radical (unpaired) electrons. The second kappa shape index (κ2) is 7.59. The summed E-state index contributed by atoms with van der Waals surface area (Å²) in [5, 5.41) is 16.9. The number of carbonyl (C=O) groups is 1. The minimum Gasteiger partial charge on any atom is -0.493 e. The number of rotatable bonds is 6. The monoisotopic (exact) mass is 370 g/mol. The number of aliphatic hydroxyl groups is 1. The standard InChI is InChI=1S/C20H22N2O5/c1-20(24,17-11-13-7-4-5-9-15(13)27-17)12-21-19(23)22-14-8-6-10-16(25-2)18(14)26-3/h4-11,24H,12H2,1-3H3,(H2,21,22,23). The van der Waals surface area contributed by atoms with Gasteiger partial charge in [0.1, 0.15) is 16.9 Å². The summed E-state index contributed by atoms with van der Waals surface area (Å²) in [6.45, 7) is 1.54. The molecule has 142 valence electrons. The van der Waals surface area contributed by atoms with E-state index in [1.165, 1.54) is 14.2 Å². The second-order valence-corrected chi connectivity index (χ2v) is 6.27. The smallest absolute Gasteiger partial charge is 0.319 e. The number of benzene rings is 2. The number of anilines is 1. The number of fused-ring (bicyclic) bond motifs is 1. The second-order valence-electron chi connectivity index (χ2n) is 6.27. The summed E-state index contributed by atoms with van der Waals surface area (Å²) in [5.41, 5.74) is -0.231. The molecule has 0 aliphatic heterocycles. The summed E-state index contributed by atoms with van der Waals surface area (Å²) in [5.74, 6) is 1.30. The van der Waals surface area contributed by atoms with E-state index in [0.717, 1.165) is 5.39 Å². The predicted octanol–water partition coefficient (Wildman–Crippen LogP) is 3.48. The molecule has 1 aromatic heterocycles. The maximum absolute atomic E-state index is 12.3. The highest BCUT2D eigenvalue weighted by atomic mass is 16.5. The fraction of sp³-hybridized carbons (Fsp3) is 0.250. The Bertz CT molecular complexity index is 915. The van der Waals surface area contributed by atoms with Gasteiger partial charge in [-0.3, -0.25) is 0 Å². The first-order valence-corrected chi connectivity index (χ1v) is 8.42. The molecule has 0 aliphatic rings. The van der Waals surface area contributed by atoms with E-state index in [-0.39, 0.29) is 6.54 Å². The van der Waals surface area contributed by atoms with Gasteiger partial charge in [-0.15, -0.1) is 0 Å². The third-order valence-electron chi connectivity index (χ3n) is 4.20. The average Bonchev–Trinajstić information content (AvgIpc) is 3.11. The van der Waals surface area contributed by atoms with Gasteiger partial charge in [0.2, 0.25) is 0 Å². The Morgan fingerprint density at radius 3 is 2.63 bits per heavy atom. The molecule has 1 unspecified atom stereocenters. The molecule has 1 heterocycles. The van der Waals surface area contributed by atoms with E-state index in [9.17, 15) is 9.90 Å². The molecule has 3 N–H and O–H groups in total. The van der Waals surface area contributed by atoms with Crippen LogP contribution in [0, 0.1) is 0 Å². The first-order chi connectivity index (χ1) is 12.9. The van der Waals surface area contributed by atoms with E-state index in [1.807, 2.05) is 24.3 Å².